The molecule has 2 aliphatic rings. The Morgan fingerprint density at radius 1 is 1.45 bits per heavy atom. The van der Waals surface area contributed by atoms with Crippen molar-refractivity contribution >= 4 is 17.2 Å². The van der Waals surface area contributed by atoms with Crippen molar-refractivity contribution in [1.29, 1.82) is 0 Å². The summed E-state index contributed by atoms with van der Waals surface area (Å²) in [5.41, 5.74) is 1.45. The van der Waals surface area contributed by atoms with E-state index in [0.29, 0.717) is 5.41 Å². The zero-order valence-electron chi connectivity index (χ0n) is 12.3. The minimum Gasteiger partial charge on any atom is -0.355 e. The number of piperidine rings is 1. The molecule has 1 saturated carbocycles. The highest BCUT2D eigenvalue weighted by Crippen LogP contribution is 2.58. The lowest BCUT2D eigenvalue weighted by atomic mass is 9.92. The molecule has 0 radical (unpaired) electrons. The minimum absolute atomic E-state index is 0.261. The van der Waals surface area contributed by atoms with E-state index in [2.05, 4.69) is 22.5 Å². The Morgan fingerprint density at radius 2 is 2.20 bits per heavy atom. The van der Waals surface area contributed by atoms with Crippen LogP contribution in [0, 0.1) is 25.2 Å². The molecule has 3 rings (SSSR count). The van der Waals surface area contributed by atoms with Gasteiger partial charge in [-0.3, -0.25) is 4.79 Å². The van der Waals surface area contributed by atoms with Crippen molar-refractivity contribution in [3.05, 3.63) is 15.6 Å². The summed E-state index contributed by atoms with van der Waals surface area (Å²) in [7, 11) is 0. The summed E-state index contributed by atoms with van der Waals surface area (Å²) in [6.45, 7) is 7.00. The Labute approximate surface area is 124 Å². The number of carbonyl (C=O) groups is 1. The Morgan fingerprint density at radius 3 is 2.85 bits per heavy atom. The molecule has 1 saturated heterocycles. The van der Waals surface area contributed by atoms with Crippen LogP contribution in [0.15, 0.2) is 0 Å². The Bertz CT molecular complexity index is 486. The molecule has 2 heterocycles. The highest BCUT2D eigenvalue weighted by atomic mass is 32.1. The number of aromatic nitrogens is 1. The maximum Gasteiger partial charge on any atom is 0.223 e. The van der Waals surface area contributed by atoms with E-state index in [1.54, 1.807) is 11.3 Å². The monoisotopic (exact) mass is 293 g/mol. The van der Waals surface area contributed by atoms with E-state index in [1.807, 2.05) is 6.92 Å². The SMILES string of the molecule is Cc1nc(CCNC(=O)C2CC23CCNCC3)sc1C. The highest BCUT2D eigenvalue weighted by molar-refractivity contribution is 7.11. The maximum atomic E-state index is 12.2. The molecule has 2 fully saturated rings. The van der Waals surface area contributed by atoms with E-state index in [0.717, 1.165) is 56.0 Å². The molecular weight excluding hydrogens is 270 g/mol. The molecular formula is C15H23N3OS. The van der Waals surface area contributed by atoms with Crippen LogP contribution in [-0.2, 0) is 11.2 Å². The molecule has 1 spiro atoms. The maximum absolute atomic E-state index is 12.2. The molecule has 4 nitrogen and oxygen atoms in total. The number of thiazole rings is 1. The lowest BCUT2D eigenvalue weighted by molar-refractivity contribution is -0.123. The third-order valence-electron chi connectivity index (χ3n) is 4.82. The van der Waals surface area contributed by atoms with E-state index in [-0.39, 0.29) is 11.8 Å². The lowest BCUT2D eigenvalue weighted by Crippen LogP contribution is -2.34. The first kappa shape index (κ1) is 14.0. The van der Waals surface area contributed by atoms with Gasteiger partial charge in [0.2, 0.25) is 5.91 Å². The summed E-state index contributed by atoms with van der Waals surface area (Å²) < 4.78 is 0. The first-order valence-electron chi connectivity index (χ1n) is 7.52. The number of aryl methyl sites for hydroxylation is 2. The summed E-state index contributed by atoms with van der Waals surface area (Å²) >= 11 is 1.74. The molecule has 0 bridgehead atoms. The standard InChI is InChI=1S/C15H23N3OS/c1-10-11(2)20-13(18-10)3-6-17-14(19)12-9-15(12)4-7-16-8-5-15/h12,16H,3-9H2,1-2H3,(H,17,19). The predicted octanol–water partition coefficient (Wildman–Crippen LogP) is 1.81. The zero-order valence-corrected chi connectivity index (χ0v) is 13.1. The van der Waals surface area contributed by atoms with Gasteiger partial charge < -0.3 is 10.6 Å². The summed E-state index contributed by atoms with van der Waals surface area (Å²) in [6, 6.07) is 0. The van der Waals surface area contributed by atoms with Gasteiger partial charge in [-0.25, -0.2) is 4.98 Å². The van der Waals surface area contributed by atoms with Gasteiger partial charge in [-0.15, -0.1) is 11.3 Å². The zero-order chi connectivity index (χ0) is 14.2. The summed E-state index contributed by atoms with van der Waals surface area (Å²) in [5, 5.41) is 7.61. The molecule has 1 aromatic rings. The fourth-order valence-electron chi connectivity index (χ4n) is 3.26. The van der Waals surface area contributed by atoms with E-state index in [4.69, 9.17) is 0 Å². The fraction of sp³-hybridized carbons (Fsp3) is 0.733. The average Bonchev–Trinajstić information content (AvgIpc) is 3.02. The van der Waals surface area contributed by atoms with Crippen molar-refractivity contribution in [2.45, 2.75) is 39.5 Å². The summed E-state index contributed by atoms with van der Waals surface area (Å²) in [4.78, 5) is 18.0. The first-order valence-corrected chi connectivity index (χ1v) is 8.34. The van der Waals surface area contributed by atoms with Crippen LogP contribution < -0.4 is 10.6 Å². The third-order valence-corrected chi connectivity index (χ3v) is 5.95. The molecule has 20 heavy (non-hydrogen) atoms. The van der Waals surface area contributed by atoms with Gasteiger partial charge in [-0.2, -0.15) is 0 Å². The van der Waals surface area contributed by atoms with Gasteiger partial charge in [-0.05, 0) is 51.6 Å². The molecule has 1 aliphatic heterocycles. The van der Waals surface area contributed by atoms with Crippen molar-refractivity contribution in [2.24, 2.45) is 11.3 Å². The summed E-state index contributed by atoms with van der Waals surface area (Å²) in [6.07, 6.45) is 4.27. The fourth-order valence-corrected chi connectivity index (χ4v) is 4.19. The molecule has 110 valence electrons. The van der Waals surface area contributed by atoms with Crippen LogP contribution >= 0.6 is 11.3 Å². The molecule has 1 unspecified atom stereocenters. The van der Waals surface area contributed by atoms with Crippen molar-refractivity contribution in [3.63, 3.8) is 0 Å². The van der Waals surface area contributed by atoms with Crippen LogP contribution in [0.3, 0.4) is 0 Å². The van der Waals surface area contributed by atoms with Gasteiger partial charge in [0, 0.05) is 23.8 Å². The van der Waals surface area contributed by atoms with Crippen molar-refractivity contribution in [3.8, 4) is 0 Å². The number of nitrogens with one attached hydrogen (secondary N) is 2. The summed E-state index contributed by atoms with van der Waals surface area (Å²) in [5.74, 6) is 0.529. The van der Waals surface area contributed by atoms with Crippen molar-refractivity contribution < 1.29 is 4.79 Å². The normalized spacial score (nSPS) is 23.8. The first-order chi connectivity index (χ1) is 9.61. The topological polar surface area (TPSA) is 54.0 Å². The van der Waals surface area contributed by atoms with Gasteiger partial charge in [0.05, 0.1) is 10.7 Å². The predicted molar refractivity (Wildman–Crippen MR) is 80.9 cm³/mol. The van der Waals surface area contributed by atoms with E-state index in [1.165, 1.54) is 4.88 Å². The van der Waals surface area contributed by atoms with Crippen LogP contribution in [-0.4, -0.2) is 30.5 Å². The average molecular weight is 293 g/mol. The number of rotatable bonds is 4. The molecule has 1 aromatic heterocycles. The third kappa shape index (κ3) is 2.74. The number of amides is 1. The van der Waals surface area contributed by atoms with Gasteiger partial charge in [0.15, 0.2) is 0 Å². The van der Waals surface area contributed by atoms with Crippen LogP contribution in [0.1, 0.15) is 34.8 Å². The second-order valence-electron chi connectivity index (χ2n) is 6.16. The number of carbonyl (C=O) groups excluding carboxylic acids is 1. The second kappa shape index (κ2) is 5.45. The Hall–Kier alpha value is -0.940. The van der Waals surface area contributed by atoms with Gasteiger partial charge >= 0.3 is 0 Å². The van der Waals surface area contributed by atoms with E-state index < -0.39 is 0 Å². The van der Waals surface area contributed by atoms with Crippen LogP contribution in [0.4, 0.5) is 0 Å². The minimum atomic E-state index is 0.261. The molecule has 2 N–H and O–H groups in total. The van der Waals surface area contributed by atoms with Crippen molar-refractivity contribution in [1.82, 2.24) is 15.6 Å². The number of hydrogen-bond acceptors (Lipinski definition) is 4. The number of nitrogens with zero attached hydrogens (tertiary/aromatic N) is 1. The lowest BCUT2D eigenvalue weighted by Gasteiger charge is -2.23. The molecule has 1 amide bonds. The largest absolute Gasteiger partial charge is 0.355 e. The molecule has 1 atom stereocenters. The second-order valence-corrected chi connectivity index (χ2v) is 7.45. The van der Waals surface area contributed by atoms with Gasteiger partial charge in [0.1, 0.15) is 0 Å². The smallest absolute Gasteiger partial charge is 0.223 e. The van der Waals surface area contributed by atoms with Crippen LogP contribution in [0.2, 0.25) is 0 Å². The molecule has 1 aliphatic carbocycles. The van der Waals surface area contributed by atoms with Gasteiger partial charge in [0.25, 0.3) is 0 Å². The molecule has 5 heteroatoms. The Kier molecular flexibility index (Phi) is 3.82. The number of hydrogen-bond donors (Lipinski definition) is 2. The van der Waals surface area contributed by atoms with Crippen LogP contribution in [0.25, 0.3) is 0 Å². The van der Waals surface area contributed by atoms with Gasteiger partial charge in [-0.1, -0.05) is 0 Å². The quantitative estimate of drug-likeness (QED) is 0.890. The van der Waals surface area contributed by atoms with Crippen LogP contribution in [0.5, 0.6) is 0 Å². The molecule has 0 aromatic carbocycles. The highest BCUT2D eigenvalue weighted by Gasteiger charge is 2.57. The van der Waals surface area contributed by atoms with E-state index >= 15 is 0 Å². The Balaban J connectivity index is 1.44. The van der Waals surface area contributed by atoms with E-state index in [9.17, 15) is 4.79 Å². The van der Waals surface area contributed by atoms with Crippen molar-refractivity contribution in [2.75, 3.05) is 19.6 Å².